The first-order valence-corrected chi connectivity index (χ1v) is 20.6. The molecule has 4 aliphatic carbocycles. The highest BCUT2D eigenvalue weighted by molar-refractivity contribution is 5.20. The van der Waals surface area contributed by atoms with Gasteiger partial charge in [0.1, 0.15) is 36.6 Å². The number of hydrogen-bond donors (Lipinski definition) is 7. The molecule has 12 unspecified atom stereocenters. The Bertz CT molecular complexity index is 1330. The van der Waals surface area contributed by atoms with E-state index in [0.29, 0.717) is 12.8 Å². The number of fused-ring (bicyclic) bond motifs is 5. The highest BCUT2D eigenvalue weighted by Crippen LogP contribution is 2.76. The lowest BCUT2D eigenvalue weighted by molar-refractivity contribution is -0.374. The monoisotopic (exact) mass is 753 g/mol. The second-order valence-electron chi connectivity index (χ2n) is 20.1. The summed E-state index contributed by atoms with van der Waals surface area (Å²) >= 11 is 0. The highest BCUT2D eigenvalue weighted by atomic mass is 16.8. The lowest BCUT2D eigenvalue weighted by Crippen LogP contribution is -2.67. The molecule has 0 aromatic heterocycles. The van der Waals surface area contributed by atoms with Crippen LogP contribution in [-0.4, -0.2) is 115 Å². The maximum Gasteiger partial charge on any atom is 0.187 e. The van der Waals surface area contributed by atoms with Crippen molar-refractivity contribution < 1.29 is 54.7 Å². The summed E-state index contributed by atoms with van der Waals surface area (Å²) in [6, 6.07) is 0. The van der Waals surface area contributed by atoms with Crippen LogP contribution in [0, 0.1) is 45.3 Å². The van der Waals surface area contributed by atoms with E-state index < -0.39 is 73.1 Å². The fraction of sp³-hybridized carbons (Fsp3) is 0.952. The lowest BCUT2D eigenvalue weighted by atomic mass is 9.35. The molecule has 2 heterocycles. The van der Waals surface area contributed by atoms with Crippen LogP contribution in [-0.2, 0) is 18.9 Å². The van der Waals surface area contributed by atoms with Crippen LogP contribution < -0.4 is 0 Å². The van der Waals surface area contributed by atoms with E-state index in [9.17, 15) is 35.7 Å². The molecule has 11 heteroatoms. The van der Waals surface area contributed by atoms with Crippen molar-refractivity contribution in [2.75, 3.05) is 0 Å². The Morgan fingerprint density at radius 3 is 1.98 bits per heavy atom. The van der Waals surface area contributed by atoms with Crippen LogP contribution in [0.1, 0.15) is 127 Å². The van der Waals surface area contributed by atoms with E-state index in [1.54, 1.807) is 13.8 Å². The Kier molecular flexibility index (Phi) is 11.5. The van der Waals surface area contributed by atoms with Gasteiger partial charge in [-0.25, -0.2) is 0 Å². The average Bonchev–Trinajstić information content (AvgIpc) is 3.46. The van der Waals surface area contributed by atoms with E-state index >= 15 is 0 Å². The maximum absolute atomic E-state index is 12.2. The van der Waals surface area contributed by atoms with Gasteiger partial charge in [-0.1, -0.05) is 46.3 Å². The van der Waals surface area contributed by atoms with Crippen LogP contribution in [0.4, 0.5) is 0 Å². The molecule has 6 fully saturated rings. The van der Waals surface area contributed by atoms with Gasteiger partial charge in [-0.3, -0.25) is 0 Å². The fourth-order valence-electron chi connectivity index (χ4n) is 13.2. The number of aliphatic hydroxyl groups is 7. The van der Waals surface area contributed by atoms with E-state index in [4.69, 9.17) is 18.9 Å². The minimum Gasteiger partial charge on any atom is -0.393 e. The molecule has 7 N–H and O–H groups in total. The minimum atomic E-state index is -1.59. The molecular formula is C42H72O11. The molecule has 53 heavy (non-hydrogen) atoms. The largest absolute Gasteiger partial charge is 0.393 e. The Morgan fingerprint density at radius 1 is 0.736 bits per heavy atom. The van der Waals surface area contributed by atoms with E-state index in [2.05, 4.69) is 54.5 Å². The van der Waals surface area contributed by atoms with Gasteiger partial charge in [-0.15, -0.1) is 0 Å². The first kappa shape index (κ1) is 41.9. The molecule has 6 rings (SSSR count). The molecule has 4 saturated carbocycles. The topological polar surface area (TPSA) is 179 Å². The van der Waals surface area contributed by atoms with Gasteiger partial charge in [0.25, 0.3) is 0 Å². The molecule has 0 bridgehead atoms. The second kappa shape index (κ2) is 14.6. The smallest absolute Gasteiger partial charge is 0.187 e. The van der Waals surface area contributed by atoms with Gasteiger partial charge in [-0.2, -0.15) is 0 Å². The van der Waals surface area contributed by atoms with Crippen LogP contribution >= 0.6 is 0 Å². The summed E-state index contributed by atoms with van der Waals surface area (Å²) in [5.41, 5.74) is -0.108. The molecule has 0 amide bonds. The summed E-state index contributed by atoms with van der Waals surface area (Å²) in [7, 11) is 0. The van der Waals surface area contributed by atoms with E-state index in [1.165, 1.54) is 5.57 Å². The van der Waals surface area contributed by atoms with Gasteiger partial charge in [0.2, 0.25) is 0 Å². The second-order valence-corrected chi connectivity index (χ2v) is 20.1. The molecule has 0 spiro atoms. The molecular weight excluding hydrogens is 680 g/mol. The van der Waals surface area contributed by atoms with Crippen molar-refractivity contribution in [3.05, 3.63) is 11.6 Å². The van der Waals surface area contributed by atoms with Crippen LogP contribution in [0.25, 0.3) is 0 Å². The Balaban J connectivity index is 1.22. The molecule has 2 aliphatic heterocycles. The molecule has 6 aliphatic rings. The zero-order valence-corrected chi connectivity index (χ0v) is 33.9. The number of rotatable bonds is 8. The van der Waals surface area contributed by atoms with E-state index in [-0.39, 0.29) is 51.4 Å². The minimum absolute atomic E-state index is 0.00608. The van der Waals surface area contributed by atoms with Crippen LogP contribution in [0.2, 0.25) is 0 Å². The Hall–Kier alpha value is -0.700. The van der Waals surface area contributed by atoms with Crippen molar-refractivity contribution in [2.45, 2.75) is 206 Å². The Morgan fingerprint density at radius 2 is 1.34 bits per heavy atom. The normalized spacial score (nSPS) is 53.5. The standard InChI is InChI=1S/C42H72O11/c1-21(2)12-11-16-42(10,49)24-13-18-41(9)29(24)25(43)20-27-39(7)17-15-28(38(5,6)26(39)14-19-40(27,41)8)52-37-35(33(47)31(45)23(4)51-37)53-36-34(48)32(46)30(44)22(3)50-36/h12,22-37,43-49H,11,13-20H2,1-10H3/t22?,23?,24?,25?,26?,27?,28-,29?,30+,31+,32?,33?,34?,35?,36-,37-,39-,40+,41+,42?/m0/s1. The van der Waals surface area contributed by atoms with Gasteiger partial charge in [0.05, 0.1) is 30.0 Å². The third kappa shape index (κ3) is 6.81. The fourth-order valence-corrected chi connectivity index (χ4v) is 13.2. The molecule has 0 aromatic carbocycles. The first-order chi connectivity index (χ1) is 24.5. The zero-order valence-electron chi connectivity index (χ0n) is 33.9. The molecule has 11 nitrogen and oxygen atoms in total. The molecule has 0 aromatic rings. The summed E-state index contributed by atoms with van der Waals surface area (Å²) in [6.45, 7) is 21.2. The molecule has 20 atom stereocenters. The van der Waals surface area contributed by atoms with Gasteiger partial charge in [0, 0.05) is 0 Å². The van der Waals surface area contributed by atoms with Crippen molar-refractivity contribution in [3.63, 3.8) is 0 Å². The number of ether oxygens (including phenoxy) is 4. The van der Waals surface area contributed by atoms with E-state index in [0.717, 1.165) is 44.9 Å². The van der Waals surface area contributed by atoms with Crippen molar-refractivity contribution in [2.24, 2.45) is 45.3 Å². The van der Waals surface area contributed by atoms with Crippen LogP contribution in [0.3, 0.4) is 0 Å². The predicted molar refractivity (Wildman–Crippen MR) is 198 cm³/mol. The Labute approximate surface area is 317 Å². The van der Waals surface area contributed by atoms with Gasteiger partial charge >= 0.3 is 0 Å². The lowest BCUT2D eigenvalue weighted by Gasteiger charge is -2.70. The van der Waals surface area contributed by atoms with Crippen molar-refractivity contribution in [3.8, 4) is 0 Å². The third-order valence-electron chi connectivity index (χ3n) is 16.5. The summed E-state index contributed by atoms with van der Waals surface area (Å²) in [6.07, 6.45) is -3.25. The third-order valence-corrected chi connectivity index (χ3v) is 16.5. The predicted octanol–water partition coefficient (Wildman–Crippen LogP) is 4.20. The highest BCUT2D eigenvalue weighted by Gasteiger charge is 2.71. The molecule has 306 valence electrons. The summed E-state index contributed by atoms with van der Waals surface area (Å²) in [5, 5.41) is 77.5. The maximum atomic E-state index is 12.2. The van der Waals surface area contributed by atoms with Crippen molar-refractivity contribution >= 4 is 0 Å². The van der Waals surface area contributed by atoms with Crippen molar-refractivity contribution in [1.82, 2.24) is 0 Å². The average molecular weight is 753 g/mol. The summed E-state index contributed by atoms with van der Waals surface area (Å²) in [5.74, 6) is 0.643. The first-order valence-electron chi connectivity index (χ1n) is 20.6. The summed E-state index contributed by atoms with van der Waals surface area (Å²) < 4.78 is 24.8. The number of aliphatic hydroxyl groups excluding tert-OH is 6. The van der Waals surface area contributed by atoms with Gasteiger partial charge in [0.15, 0.2) is 12.6 Å². The summed E-state index contributed by atoms with van der Waals surface area (Å²) in [4.78, 5) is 0. The van der Waals surface area contributed by atoms with Crippen LogP contribution in [0.15, 0.2) is 11.6 Å². The number of allylic oxidation sites excluding steroid dienone is 2. The van der Waals surface area contributed by atoms with Gasteiger partial charge < -0.3 is 54.7 Å². The van der Waals surface area contributed by atoms with Crippen molar-refractivity contribution in [1.29, 1.82) is 0 Å². The quantitative estimate of drug-likeness (QED) is 0.140. The van der Waals surface area contributed by atoms with Gasteiger partial charge in [-0.05, 0) is 138 Å². The van der Waals surface area contributed by atoms with Crippen LogP contribution in [0.5, 0.6) is 0 Å². The molecule has 0 radical (unpaired) electrons. The molecule has 2 saturated heterocycles. The zero-order chi connectivity index (χ0) is 39.2. The SMILES string of the molecule is CC(C)=CCCC(C)(O)C1CC[C@]2(C)C1C(O)CC1[C@@]3(C)CC[C@H](O[C@@H]4OC(C)[C@@H](O)C(O)C4O[C@@H]4OC(C)[C@@H](O)C(O)C4O)C(C)(C)C3CC[C@]12C. The number of hydrogen-bond acceptors (Lipinski definition) is 11. The van der Waals surface area contributed by atoms with E-state index in [1.807, 2.05) is 6.92 Å².